The number of nitrogens with zero attached hydrogens (tertiary/aromatic N) is 3. The fourth-order valence-electron chi connectivity index (χ4n) is 2.44. The molecule has 2 aromatic rings. The van der Waals surface area contributed by atoms with Crippen molar-refractivity contribution in [2.24, 2.45) is 0 Å². The minimum absolute atomic E-state index is 0.0743. The van der Waals surface area contributed by atoms with Crippen LogP contribution in [0.25, 0.3) is 0 Å². The summed E-state index contributed by atoms with van der Waals surface area (Å²) >= 11 is 5.88. The van der Waals surface area contributed by atoms with E-state index in [1.165, 1.54) is 12.6 Å². The first-order valence-electron chi connectivity index (χ1n) is 6.16. The van der Waals surface area contributed by atoms with Crippen molar-refractivity contribution in [1.82, 2.24) is 20.1 Å². The maximum Gasteiger partial charge on any atom is 0.259 e. The van der Waals surface area contributed by atoms with Crippen molar-refractivity contribution in [3.8, 4) is 0 Å². The van der Waals surface area contributed by atoms with Crippen LogP contribution in [0.15, 0.2) is 23.1 Å². The third-order valence-electron chi connectivity index (χ3n) is 3.36. The van der Waals surface area contributed by atoms with E-state index >= 15 is 0 Å². The summed E-state index contributed by atoms with van der Waals surface area (Å²) in [7, 11) is 0. The second-order valence-corrected chi connectivity index (χ2v) is 4.83. The quantitative estimate of drug-likeness (QED) is 0.917. The van der Waals surface area contributed by atoms with Gasteiger partial charge in [0.25, 0.3) is 5.91 Å². The van der Waals surface area contributed by atoms with Crippen molar-refractivity contribution in [1.29, 1.82) is 0 Å². The molecule has 1 N–H and O–H groups in total. The van der Waals surface area contributed by atoms with Crippen molar-refractivity contribution in [3.63, 3.8) is 0 Å². The molecule has 0 spiro atoms. The van der Waals surface area contributed by atoms with Crippen LogP contribution >= 0.6 is 11.6 Å². The lowest BCUT2D eigenvalue weighted by Crippen LogP contribution is -2.39. The number of aromatic amines is 1. The Morgan fingerprint density at radius 3 is 3.11 bits per heavy atom. The van der Waals surface area contributed by atoms with Crippen LogP contribution in [-0.2, 0) is 0 Å². The molecule has 0 bridgehead atoms. The summed E-state index contributed by atoms with van der Waals surface area (Å²) in [6.07, 6.45) is 5.79. The average molecular weight is 281 g/mol. The molecule has 1 aliphatic rings. The van der Waals surface area contributed by atoms with E-state index in [0.717, 1.165) is 19.3 Å². The van der Waals surface area contributed by atoms with E-state index in [1.807, 2.05) is 0 Å². The molecule has 100 valence electrons. The van der Waals surface area contributed by atoms with Crippen LogP contribution in [0.5, 0.6) is 0 Å². The predicted octanol–water partition coefficient (Wildman–Crippen LogP) is 2.42. The largest absolute Gasteiger partial charge is 0.452 e. The average Bonchev–Trinajstić information content (AvgIpc) is 3.09. The SMILES string of the molecule is O=C(c1ccoc1Cl)N1CCCC[C@@H]1c1ncn[nH]1. The summed E-state index contributed by atoms with van der Waals surface area (Å²) in [4.78, 5) is 18.4. The Hall–Kier alpha value is -1.82. The van der Waals surface area contributed by atoms with Gasteiger partial charge in [0.15, 0.2) is 0 Å². The van der Waals surface area contributed by atoms with Gasteiger partial charge in [0.2, 0.25) is 5.22 Å². The zero-order valence-electron chi connectivity index (χ0n) is 10.2. The number of hydrogen-bond acceptors (Lipinski definition) is 4. The highest BCUT2D eigenvalue weighted by molar-refractivity contribution is 6.32. The number of hydrogen-bond donors (Lipinski definition) is 1. The van der Waals surface area contributed by atoms with E-state index in [2.05, 4.69) is 15.2 Å². The van der Waals surface area contributed by atoms with Gasteiger partial charge in [-0.15, -0.1) is 0 Å². The first kappa shape index (κ1) is 12.2. The monoisotopic (exact) mass is 280 g/mol. The van der Waals surface area contributed by atoms with E-state index < -0.39 is 0 Å². The van der Waals surface area contributed by atoms with Gasteiger partial charge in [-0.1, -0.05) is 0 Å². The summed E-state index contributed by atoms with van der Waals surface area (Å²) < 4.78 is 4.98. The maximum absolute atomic E-state index is 12.5. The molecule has 3 rings (SSSR count). The number of likely N-dealkylation sites (tertiary alicyclic amines) is 1. The van der Waals surface area contributed by atoms with Crippen molar-refractivity contribution in [2.75, 3.05) is 6.54 Å². The van der Waals surface area contributed by atoms with Crippen molar-refractivity contribution in [2.45, 2.75) is 25.3 Å². The first-order valence-corrected chi connectivity index (χ1v) is 6.54. The summed E-state index contributed by atoms with van der Waals surface area (Å²) in [5, 5.41) is 6.82. The van der Waals surface area contributed by atoms with Gasteiger partial charge < -0.3 is 9.32 Å². The topological polar surface area (TPSA) is 75.0 Å². The molecule has 1 aliphatic heterocycles. The van der Waals surface area contributed by atoms with Crippen LogP contribution in [0.2, 0.25) is 5.22 Å². The lowest BCUT2D eigenvalue weighted by atomic mass is 10.0. The van der Waals surface area contributed by atoms with Gasteiger partial charge in [-0.3, -0.25) is 9.89 Å². The number of amides is 1. The number of H-pyrrole nitrogens is 1. The molecule has 1 amide bonds. The van der Waals surface area contributed by atoms with E-state index in [1.54, 1.807) is 11.0 Å². The number of carbonyl (C=O) groups excluding carboxylic acids is 1. The minimum atomic E-state index is -0.125. The van der Waals surface area contributed by atoms with Crippen molar-refractivity contribution >= 4 is 17.5 Å². The zero-order chi connectivity index (χ0) is 13.2. The van der Waals surface area contributed by atoms with Crippen LogP contribution in [0.1, 0.15) is 41.5 Å². The highest BCUT2D eigenvalue weighted by atomic mass is 35.5. The number of halogens is 1. The summed E-state index contributed by atoms with van der Waals surface area (Å²) in [6.45, 7) is 0.686. The number of rotatable bonds is 2. The third-order valence-corrected chi connectivity index (χ3v) is 3.65. The van der Waals surface area contributed by atoms with Gasteiger partial charge in [-0.05, 0) is 36.9 Å². The Morgan fingerprint density at radius 2 is 2.42 bits per heavy atom. The van der Waals surface area contributed by atoms with Crippen molar-refractivity contribution < 1.29 is 9.21 Å². The number of piperidine rings is 1. The molecule has 0 aliphatic carbocycles. The summed E-state index contributed by atoms with van der Waals surface area (Å²) in [6, 6.07) is 1.52. The van der Waals surface area contributed by atoms with Gasteiger partial charge in [0.05, 0.1) is 17.9 Å². The van der Waals surface area contributed by atoms with E-state index in [4.69, 9.17) is 16.0 Å². The van der Waals surface area contributed by atoms with Crippen LogP contribution < -0.4 is 0 Å². The normalized spacial score (nSPS) is 19.6. The molecule has 0 unspecified atom stereocenters. The molecule has 0 aromatic carbocycles. The molecular weight excluding hydrogens is 268 g/mol. The summed E-state index contributed by atoms with van der Waals surface area (Å²) in [5.74, 6) is 0.590. The fraction of sp³-hybridized carbons (Fsp3) is 0.417. The van der Waals surface area contributed by atoms with Gasteiger partial charge in [-0.25, -0.2) is 4.98 Å². The van der Waals surface area contributed by atoms with Gasteiger partial charge in [-0.2, -0.15) is 5.10 Å². The molecular formula is C12H13ClN4O2. The molecule has 0 radical (unpaired) electrons. The third kappa shape index (κ3) is 2.23. The van der Waals surface area contributed by atoms with E-state index in [0.29, 0.717) is 17.9 Å². The van der Waals surface area contributed by atoms with E-state index in [9.17, 15) is 4.79 Å². The second kappa shape index (κ2) is 5.05. The number of aromatic nitrogens is 3. The van der Waals surface area contributed by atoms with Gasteiger partial charge >= 0.3 is 0 Å². The molecule has 19 heavy (non-hydrogen) atoms. The van der Waals surface area contributed by atoms with Crippen LogP contribution in [0.3, 0.4) is 0 Å². The molecule has 1 saturated heterocycles. The smallest absolute Gasteiger partial charge is 0.259 e. The molecule has 2 aromatic heterocycles. The summed E-state index contributed by atoms with van der Waals surface area (Å²) in [5.41, 5.74) is 0.396. The number of furan rings is 1. The van der Waals surface area contributed by atoms with Crippen LogP contribution in [-0.4, -0.2) is 32.5 Å². The lowest BCUT2D eigenvalue weighted by molar-refractivity contribution is 0.0600. The Labute approximate surface area is 114 Å². The predicted molar refractivity (Wildman–Crippen MR) is 67.7 cm³/mol. The molecule has 0 saturated carbocycles. The molecule has 7 heteroatoms. The molecule has 6 nitrogen and oxygen atoms in total. The maximum atomic E-state index is 12.5. The minimum Gasteiger partial charge on any atom is -0.452 e. The Morgan fingerprint density at radius 1 is 1.53 bits per heavy atom. The lowest BCUT2D eigenvalue weighted by Gasteiger charge is -2.34. The molecule has 1 fully saturated rings. The van der Waals surface area contributed by atoms with Crippen molar-refractivity contribution in [3.05, 3.63) is 35.3 Å². The molecule has 3 heterocycles. The highest BCUT2D eigenvalue weighted by Gasteiger charge is 2.31. The Balaban J connectivity index is 1.89. The zero-order valence-corrected chi connectivity index (χ0v) is 10.9. The van der Waals surface area contributed by atoms with Gasteiger partial charge in [0.1, 0.15) is 12.2 Å². The number of nitrogens with one attached hydrogen (secondary N) is 1. The second-order valence-electron chi connectivity index (χ2n) is 4.49. The Kier molecular flexibility index (Phi) is 3.25. The fourth-order valence-corrected chi connectivity index (χ4v) is 2.63. The molecule has 1 atom stereocenters. The van der Waals surface area contributed by atoms with Crippen LogP contribution in [0, 0.1) is 0 Å². The number of carbonyl (C=O) groups is 1. The Bertz CT molecular complexity index is 566. The highest BCUT2D eigenvalue weighted by Crippen LogP contribution is 2.31. The van der Waals surface area contributed by atoms with E-state index in [-0.39, 0.29) is 17.2 Å². The first-order chi connectivity index (χ1) is 9.27. The standard InChI is InChI=1S/C12H13ClN4O2/c13-10-8(4-6-19-10)12(18)17-5-2-1-3-9(17)11-14-7-15-16-11/h4,6-7,9H,1-3,5H2,(H,14,15,16)/t9-/m1/s1. The van der Waals surface area contributed by atoms with Gasteiger partial charge in [0, 0.05) is 6.54 Å². The van der Waals surface area contributed by atoms with Crippen LogP contribution in [0.4, 0.5) is 0 Å².